The highest BCUT2D eigenvalue weighted by Gasteiger charge is 2.39. The van der Waals surface area contributed by atoms with Gasteiger partial charge in [-0.15, -0.1) is 0 Å². The third kappa shape index (κ3) is 1.61. The molecule has 0 radical (unpaired) electrons. The molecule has 1 heterocycles. The van der Waals surface area contributed by atoms with Crippen LogP contribution in [0, 0.1) is 5.92 Å². The number of aliphatic hydroxyl groups excluding tert-OH is 3. The highest BCUT2D eigenvalue weighted by molar-refractivity contribution is 4.87. The molecule has 0 aromatic rings. The fourth-order valence-electron chi connectivity index (χ4n) is 1.50. The molecule has 12 heavy (non-hydrogen) atoms. The van der Waals surface area contributed by atoms with Crippen molar-refractivity contribution in [1.29, 1.82) is 0 Å². The first-order valence-electron chi connectivity index (χ1n) is 4.20. The van der Waals surface area contributed by atoms with Crippen molar-refractivity contribution in [2.24, 2.45) is 5.92 Å². The molecule has 0 aromatic heterocycles. The second kappa shape index (κ2) is 3.70. The molecule has 0 aliphatic carbocycles. The van der Waals surface area contributed by atoms with Crippen LogP contribution in [0.3, 0.4) is 0 Å². The quantitative estimate of drug-likeness (QED) is 0.485. The summed E-state index contributed by atoms with van der Waals surface area (Å²) in [4.78, 5) is 0. The van der Waals surface area contributed by atoms with Crippen molar-refractivity contribution in [3.05, 3.63) is 0 Å². The fourth-order valence-corrected chi connectivity index (χ4v) is 1.50. The van der Waals surface area contributed by atoms with E-state index in [-0.39, 0.29) is 18.6 Å². The zero-order valence-corrected chi connectivity index (χ0v) is 7.34. The molecule has 1 aliphatic rings. The van der Waals surface area contributed by atoms with Crippen LogP contribution in [0.2, 0.25) is 0 Å². The van der Waals surface area contributed by atoms with E-state index in [1.54, 1.807) is 13.8 Å². The molecule has 1 aliphatic heterocycles. The van der Waals surface area contributed by atoms with Gasteiger partial charge in [0.15, 0.2) is 0 Å². The Morgan fingerprint density at radius 1 is 1.17 bits per heavy atom. The lowest BCUT2D eigenvalue weighted by atomic mass is 9.89. The molecular formula is C8H16O4. The SMILES string of the molecule is C[C@@H]1OC(CO)[C@@H](C)[C@H](O)C1O. The monoisotopic (exact) mass is 176 g/mol. The molecule has 4 heteroatoms. The predicted octanol–water partition coefficient (Wildman–Crippen LogP) is -0.876. The van der Waals surface area contributed by atoms with E-state index in [4.69, 9.17) is 9.84 Å². The predicted molar refractivity (Wildman–Crippen MR) is 42.6 cm³/mol. The van der Waals surface area contributed by atoms with Crippen molar-refractivity contribution < 1.29 is 20.1 Å². The first kappa shape index (κ1) is 9.92. The van der Waals surface area contributed by atoms with Crippen LogP contribution in [0.15, 0.2) is 0 Å². The first-order valence-corrected chi connectivity index (χ1v) is 4.20. The van der Waals surface area contributed by atoms with Gasteiger partial charge >= 0.3 is 0 Å². The Labute approximate surface area is 71.8 Å². The Morgan fingerprint density at radius 3 is 2.25 bits per heavy atom. The van der Waals surface area contributed by atoms with Gasteiger partial charge in [0.25, 0.3) is 0 Å². The Hall–Kier alpha value is -0.160. The van der Waals surface area contributed by atoms with Gasteiger partial charge in [-0.05, 0) is 6.92 Å². The first-order chi connectivity index (χ1) is 5.57. The summed E-state index contributed by atoms with van der Waals surface area (Å²) in [6, 6.07) is 0. The van der Waals surface area contributed by atoms with Crippen LogP contribution in [0.1, 0.15) is 13.8 Å². The highest BCUT2D eigenvalue weighted by Crippen LogP contribution is 2.25. The maximum atomic E-state index is 9.48. The van der Waals surface area contributed by atoms with Gasteiger partial charge in [-0.25, -0.2) is 0 Å². The van der Waals surface area contributed by atoms with Crippen LogP contribution in [0.4, 0.5) is 0 Å². The number of rotatable bonds is 1. The minimum absolute atomic E-state index is 0.116. The minimum Gasteiger partial charge on any atom is -0.394 e. The Balaban J connectivity index is 2.63. The van der Waals surface area contributed by atoms with Gasteiger partial charge in [-0.2, -0.15) is 0 Å². The molecule has 4 nitrogen and oxygen atoms in total. The van der Waals surface area contributed by atoms with E-state index in [0.29, 0.717) is 0 Å². The molecule has 0 aromatic carbocycles. The van der Waals surface area contributed by atoms with Crippen LogP contribution in [-0.2, 0) is 4.74 Å². The number of aliphatic hydroxyl groups is 3. The molecular weight excluding hydrogens is 160 g/mol. The number of hydrogen-bond acceptors (Lipinski definition) is 4. The zero-order valence-electron chi connectivity index (χ0n) is 7.34. The molecule has 0 spiro atoms. The second-order valence-corrected chi connectivity index (χ2v) is 3.40. The highest BCUT2D eigenvalue weighted by atomic mass is 16.5. The van der Waals surface area contributed by atoms with Gasteiger partial charge in [0.1, 0.15) is 6.10 Å². The third-order valence-electron chi connectivity index (χ3n) is 2.53. The van der Waals surface area contributed by atoms with E-state index in [9.17, 15) is 10.2 Å². The van der Waals surface area contributed by atoms with Crippen LogP contribution in [0.25, 0.3) is 0 Å². The van der Waals surface area contributed by atoms with Gasteiger partial charge in [0.05, 0.1) is 24.9 Å². The average molecular weight is 176 g/mol. The lowest BCUT2D eigenvalue weighted by molar-refractivity contribution is -0.198. The van der Waals surface area contributed by atoms with Crippen molar-refractivity contribution in [2.45, 2.75) is 38.3 Å². The summed E-state index contributed by atoms with van der Waals surface area (Å²) in [6.07, 6.45) is -2.42. The molecule has 1 saturated heterocycles. The maximum Gasteiger partial charge on any atom is 0.106 e. The summed E-state index contributed by atoms with van der Waals surface area (Å²) in [5.74, 6) is -0.221. The normalized spacial score (nSPS) is 49.2. The van der Waals surface area contributed by atoms with Crippen LogP contribution < -0.4 is 0 Å². The molecule has 2 unspecified atom stereocenters. The summed E-state index contributed by atoms with van der Waals surface area (Å²) in [6.45, 7) is 3.32. The third-order valence-corrected chi connectivity index (χ3v) is 2.53. The van der Waals surface area contributed by atoms with Crippen LogP contribution in [0.5, 0.6) is 0 Å². The van der Waals surface area contributed by atoms with E-state index < -0.39 is 18.3 Å². The standard InChI is InChI=1S/C8H16O4/c1-4-6(3-9)12-5(2)8(11)7(4)10/h4-11H,3H2,1-2H3/t4-,5+,6?,7+,8?/m1/s1. The molecule has 0 saturated carbocycles. The van der Waals surface area contributed by atoms with E-state index in [1.165, 1.54) is 0 Å². The Kier molecular flexibility index (Phi) is 3.06. The van der Waals surface area contributed by atoms with E-state index >= 15 is 0 Å². The molecule has 5 atom stereocenters. The zero-order chi connectivity index (χ0) is 9.30. The molecule has 1 fully saturated rings. The van der Waals surface area contributed by atoms with E-state index in [0.717, 1.165) is 0 Å². The fraction of sp³-hybridized carbons (Fsp3) is 1.00. The summed E-state index contributed by atoms with van der Waals surface area (Å²) in [5.41, 5.74) is 0. The van der Waals surface area contributed by atoms with Crippen molar-refractivity contribution in [3.63, 3.8) is 0 Å². The van der Waals surface area contributed by atoms with Gasteiger partial charge in [-0.1, -0.05) is 6.92 Å². The van der Waals surface area contributed by atoms with Gasteiger partial charge < -0.3 is 20.1 Å². The topological polar surface area (TPSA) is 69.9 Å². The van der Waals surface area contributed by atoms with Crippen molar-refractivity contribution in [1.82, 2.24) is 0 Å². The average Bonchev–Trinajstić information content (AvgIpc) is 2.08. The van der Waals surface area contributed by atoms with Crippen molar-refractivity contribution in [2.75, 3.05) is 6.61 Å². The molecule has 0 amide bonds. The smallest absolute Gasteiger partial charge is 0.106 e. The van der Waals surface area contributed by atoms with Crippen molar-refractivity contribution >= 4 is 0 Å². The Bertz CT molecular complexity index is 145. The molecule has 1 rings (SSSR count). The maximum absolute atomic E-state index is 9.48. The van der Waals surface area contributed by atoms with Crippen LogP contribution in [-0.4, -0.2) is 46.3 Å². The lowest BCUT2D eigenvalue weighted by Crippen LogP contribution is -2.53. The summed E-state index contributed by atoms with van der Waals surface area (Å²) >= 11 is 0. The van der Waals surface area contributed by atoms with E-state index in [1.807, 2.05) is 0 Å². The largest absolute Gasteiger partial charge is 0.394 e. The second-order valence-electron chi connectivity index (χ2n) is 3.40. The summed E-state index contributed by atoms with van der Waals surface area (Å²) in [5, 5.41) is 27.7. The molecule has 72 valence electrons. The summed E-state index contributed by atoms with van der Waals surface area (Å²) < 4.78 is 5.27. The summed E-state index contributed by atoms with van der Waals surface area (Å²) in [7, 11) is 0. The lowest BCUT2D eigenvalue weighted by Gasteiger charge is -2.39. The number of hydrogen-bond donors (Lipinski definition) is 3. The van der Waals surface area contributed by atoms with E-state index in [2.05, 4.69) is 0 Å². The molecule has 0 bridgehead atoms. The van der Waals surface area contributed by atoms with Crippen molar-refractivity contribution in [3.8, 4) is 0 Å². The molecule has 3 N–H and O–H groups in total. The minimum atomic E-state index is -0.845. The van der Waals surface area contributed by atoms with Crippen LogP contribution >= 0.6 is 0 Å². The van der Waals surface area contributed by atoms with Gasteiger partial charge in [0, 0.05) is 5.92 Å². The number of ether oxygens (including phenoxy) is 1. The Morgan fingerprint density at radius 2 is 1.75 bits per heavy atom. The van der Waals surface area contributed by atoms with Gasteiger partial charge in [0.2, 0.25) is 0 Å². The van der Waals surface area contributed by atoms with Gasteiger partial charge in [-0.3, -0.25) is 0 Å².